The first-order valence-corrected chi connectivity index (χ1v) is 3.77. The van der Waals surface area contributed by atoms with Gasteiger partial charge in [-0.15, -0.1) is 0 Å². The molecule has 0 aliphatic carbocycles. The summed E-state index contributed by atoms with van der Waals surface area (Å²) in [4.78, 5) is 9.98. The van der Waals surface area contributed by atoms with Crippen LogP contribution in [-0.4, -0.2) is 4.92 Å². The topological polar surface area (TPSA) is 43.1 Å². The van der Waals surface area contributed by atoms with E-state index in [9.17, 15) is 10.1 Å². The zero-order valence-electron chi connectivity index (χ0n) is 7.01. The molecule has 1 aromatic carbocycles. The first kappa shape index (κ1) is 9.19. The molecule has 1 rings (SSSR count). The van der Waals surface area contributed by atoms with Gasteiger partial charge in [0.05, 0.1) is 4.92 Å². The summed E-state index contributed by atoms with van der Waals surface area (Å²) in [6.45, 7) is 3.51. The van der Waals surface area contributed by atoms with E-state index in [2.05, 4.69) is 6.58 Å². The number of allylic oxidation sites excluding steroid dienone is 2. The van der Waals surface area contributed by atoms with Gasteiger partial charge in [-0.3, -0.25) is 10.1 Å². The number of hydrogen-bond donors (Lipinski definition) is 0. The number of rotatable bonds is 3. The average Bonchev–Trinajstić information content (AvgIpc) is 2.15. The van der Waals surface area contributed by atoms with Gasteiger partial charge in [0.25, 0.3) is 5.69 Å². The monoisotopic (exact) mass is 175 g/mol. The number of nitrogens with zero attached hydrogens (tertiary/aromatic N) is 1. The summed E-state index contributed by atoms with van der Waals surface area (Å²) < 4.78 is 0. The number of non-ortho nitro benzene ring substituents is 1. The fourth-order valence-electron chi connectivity index (χ4n) is 0.921. The zero-order valence-corrected chi connectivity index (χ0v) is 7.01. The molecule has 0 spiro atoms. The molecule has 0 atom stereocenters. The molecule has 13 heavy (non-hydrogen) atoms. The maximum atomic E-state index is 10.4. The third-order valence-corrected chi connectivity index (χ3v) is 1.51. The molecule has 0 saturated heterocycles. The van der Waals surface area contributed by atoms with Crippen molar-refractivity contribution in [3.05, 3.63) is 58.7 Å². The summed E-state index contributed by atoms with van der Waals surface area (Å²) >= 11 is 0. The third-order valence-electron chi connectivity index (χ3n) is 1.51. The van der Waals surface area contributed by atoms with Crippen molar-refractivity contribution in [3.63, 3.8) is 0 Å². The number of hydrogen-bond acceptors (Lipinski definition) is 2. The molecule has 3 heteroatoms. The summed E-state index contributed by atoms with van der Waals surface area (Å²) in [6.07, 6.45) is 5.12. The predicted octanol–water partition coefficient (Wildman–Crippen LogP) is 2.79. The zero-order chi connectivity index (χ0) is 9.68. The minimum Gasteiger partial charge on any atom is -0.258 e. The Kier molecular flexibility index (Phi) is 2.97. The van der Waals surface area contributed by atoms with E-state index < -0.39 is 4.92 Å². The van der Waals surface area contributed by atoms with Gasteiger partial charge in [-0.05, 0) is 5.56 Å². The van der Waals surface area contributed by atoms with E-state index in [1.54, 1.807) is 30.4 Å². The van der Waals surface area contributed by atoms with E-state index in [1.165, 1.54) is 12.1 Å². The molecule has 0 bridgehead atoms. The van der Waals surface area contributed by atoms with Gasteiger partial charge in [0, 0.05) is 12.1 Å². The molecule has 0 radical (unpaired) electrons. The van der Waals surface area contributed by atoms with Crippen molar-refractivity contribution in [1.29, 1.82) is 0 Å². The van der Waals surface area contributed by atoms with Gasteiger partial charge in [0.15, 0.2) is 0 Å². The van der Waals surface area contributed by atoms with E-state index in [1.807, 2.05) is 0 Å². The molecule has 3 nitrogen and oxygen atoms in total. The molecule has 0 saturated carbocycles. The summed E-state index contributed by atoms with van der Waals surface area (Å²) in [7, 11) is 0. The van der Waals surface area contributed by atoms with Crippen LogP contribution in [0.3, 0.4) is 0 Å². The van der Waals surface area contributed by atoms with Crippen molar-refractivity contribution in [2.24, 2.45) is 0 Å². The van der Waals surface area contributed by atoms with Gasteiger partial charge < -0.3 is 0 Å². The molecule has 0 fully saturated rings. The Morgan fingerprint density at radius 2 is 2.23 bits per heavy atom. The molecule has 0 heterocycles. The van der Waals surface area contributed by atoms with E-state index in [0.717, 1.165) is 5.56 Å². The number of nitro benzene ring substituents is 1. The lowest BCUT2D eigenvalue weighted by Crippen LogP contribution is -1.87. The SMILES string of the molecule is C=CC=Cc1cccc([N+](=O)[O-])c1. The van der Waals surface area contributed by atoms with Gasteiger partial charge in [-0.25, -0.2) is 0 Å². The molecule has 0 aliphatic heterocycles. The largest absolute Gasteiger partial charge is 0.270 e. The Morgan fingerprint density at radius 1 is 1.46 bits per heavy atom. The minimum atomic E-state index is -0.411. The summed E-state index contributed by atoms with van der Waals surface area (Å²) in [6, 6.07) is 6.43. The van der Waals surface area contributed by atoms with Crippen LogP contribution >= 0.6 is 0 Å². The smallest absolute Gasteiger partial charge is 0.258 e. The third kappa shape index (κ3) is 2.56. The van der Waals surface area contributed by atoms with Crippen molar-refractivity contribution in [2.75, 3.05) is 0 Å². The van der Waals surface area contributed by atoms with Gasteiger partial charge in [-0.1, -0.05) is 36.9 Å². The van der Waals surface area contributed by atoms with Crippen LogP contribution in [0.5, 0.6) is 0 Å². The lowest BCUT2D eigenvalue weighted by Gasteiger charge is -1.92. The Bertz CT molecular complexity index is 356. The second-order valence-corrected chi connectivity index (χ2v) is 2.45. The fraction of sp³-hybridized carbons (Fsp3) is 0. The highest BCUT2D eigenvalue weighted by Gasteiger charge is 2.02. The van der Waals surface area contributed by atoms with Crippen LogP contribution in [0.15, 0.2) is 43.0 Å². The fourth-order valence-corrected chi connectivity index (χ4v) is 0.921. The first-order valence-electron chi connectivity index (χ1n) is 3.77. The van der Waals surface area contributed by atoms with Crippen molar-refractivity contribution >= 4 is 11.8 Å². The second kappa shape index (κ2) is 4.21. The normalized spacial score (nSPS) is 10.2. The van der Waals surface area contributed by atoms with Crippen molar-refractivity contribution in [1.82, 2.24) is 0 Å². The van der Waals surface area contributed by atoms with Crippen LogP contribution in [0.2, 0.25) is 0 Å². The van der Waals surface area contributed by atoms with Gasteiger partial charge in [0.2, 0.25) is 0 Å². The van der Waals surface area contributed by atoms with Gasteiger partial charge in [0.1, 0.15) is 0 Å². The quantitative estimate of drug-likeness (QED) is 0.402. The van der Waals surface area contributed by atoms with E-state index in [-0.39, 0.29) is 5.69 Å². The Labute approximate surface area is 76.2 Å². The summed E-state index contributed by atoms with van der Waals surface area (Å²) in [5.74, 6) is 0. The van der Waals surface area contributed by atoms with Crippen LogP contribution in [-0.2, 0) is 0 Å². The molecule has 0 N–H and O–H groups in total. The standard InChI is InChI=1S/C10H9NO2/c1-2-3-5-9-6-4-7-10(8-9)11(12)13/h2-8H,1H2. The Balaban J connectivity index is 2.98. The average molecular weight is 175 g/mol. The van der Waals surface area contributed by atoms with Gasteiger partial charge in [-0.2, -0.15) is 0 Å². The molecular formula is C10H9NO2. The maximum absolute atomic E-state index is 10.4. The lowest BCUT2D eigenvalue weighted by molar-refractivity contribution is -0.384. The molecular weight excluding hydrogens is 166 g/mol. The highest BCUT2D eigenvalue weighted by atomic mass is 16.6. The summed E-state index contributed by atoms with van der Waals surface area (Å²) in [5, 5.41) is 10.4. The predicted molar refractivity (Wildman–Crippen MR) is 52.3 cm³/mol. The van der Waals surface area contributed by atoms with Crippen LogP contribution < -0.4 is 0 Å². The second-order valence-electron chi connectivity index (χ2n) is 2.45. The summed E-state index contributed by atoms with van der Waals surface area (Å²) in [5.41, 5.74) is 0.903. The van der Waals surface area contributed by atoms with E-state index in [4.69, 9.17) is 0 Å². The molecule has 66 valence electrons. The Morgan fingerprint density at radius 3 is 2.85 bits per heavy atom. The maximum Gasteiger partial charge on any atom is 0.270 e. The van der Waals surface area contributed by atoms with Crippen LogP contribution in [0.25, 0.3) is 6.08 Å². The lowest BCUT2D eigenvalue weighted by atomic mass is 10.2. The van der Waals surface area contributed by atoms with Crippen LogP contribution in [0.1, 0.15) is 5.56 Å². The highest BCUT2D eigenvalue weighted by Crippen LogP contribution is 2.13. The number of nitro groups is 1. The molecule has 0 amide bonds. The van der Waals surface area contributed by atoms with Crippen LogP contribution in [0.4, 0.5) is 5.69 Å². The molecule has 0 aromatic heterocycles. The molecule has 0 unspecified atom stereocenters. The number of benzene rings is 1. The first-order chi connectivity index (χ1) is 6.24. The molecule has 0 aliphatic rings. The van der Waals surface area contributed by atoms with Gasteiger partial charge >= 0.3 is 0 Å². The van der Waals surface area contributed by atoms with Crippen molar-refractivity contribution in [2.45, 2.75) is 0 Å². The Hall–Kier alpha value is -1.90. The van der Waals surface area contributed by atoms with Crippen molar-refractivity contribution < 1.29 is 4.92 Å². The van der Waals surface area contributed by atoms with Crippen LogP contribution in [0, 0.1) is 10.1 Å². The van der Waals surface area contributed by atoms with E-state index in [0.29, 0.717) is 0 Å². The highest BCUT2D eigenvalue weighted by molar-refractivity contribution is 5.54. The minimum absolute atomic E-state index is 0.103. The van der Waals surface area contributed by atoms with Crippen molar-refractivity contribution in [3.8, 4) is 0 Å². The van der Waals surface area contributed by atoms with E-state index >= 15 is 0 Å². The molecule has 1 aromatic rings.